The van der Waals surface area contributed by atoms with Crippen molar-refractivity contribution in [2.24, 2.45) is 0 Å². The van der Waals surface area contributed by atoms with Gasteiger partial charge in [-0.3, -0.25) is 4.79 Å². The maximum atomic E-state index is 12.4. The SMILES string of the molecule is COc1ccc(NC(=O)c2ccc(Br)cc2)cc1-c1ccc(CO)o1. The number of aliphatic hydroxyl groups is 1. The van der Waals surface area contributed by atoms with Gasteiger partial charge in [0.2, 0.25) is 0 Å². The highest BCUT2D eigenvalue weighted by Crippen LogP contribution is 2.34. The van der Waals surface area contributed by atoms with Crippen LogP contribution in [0.2, 0.25) is 0 Å². The zero-order valence-electron chi connectivity index (χ0n) is 13.5. The molecule has 0 bridgehead atoms. The lowest BCUT2D eigenvalue weighted by Gasteiger charge is -2.10. The van der Waals surface area contributed by atoms with Crippen molar-refractivity contribution in [2.75, 3.05) is 12.4 Å². The lowest BCUT2D eigenvalue weighted by atomic mass is 10.1. The number of carbonyl (C=O) groups is 1. The predicted octanol–water partition coefficient (Wildman–Crippen LogP) is 4.46. The van der Waals surface area contributed by atoms with Gasteiger partial charge >= 0.3 is 0 Å². The van der Waals surface area contributed by atoms with Crippen LogP contribution in [0, 0.1) is 0 Å². The van der Waals surface area contributed by atoms with E-state index in [-0.39, 0.29) is 12.5 Å². The number of hydrogen-bond acceptors (Lipinski definition) is 4. The highest BCUT2D eigenvalue weighted by molar-refractivity contribution is 9.10. The number of furan rings is 1. The molecule has 1 aromatic heterocycles. The average Bonchev–Trinajstić information content (AvgIpc) is 3.11. The smallest absolute Gasteiger partial charge is 0.255 e. The van der Waals surface area contributed by atoms with Crippen molar-refractivity contribution in [3.05, 3.63) is 70.4 Å². The Labute approximate surface area is 153 Å². The molecule has 0 spiro atoms. The number of anilines is 1. The van der Waals surface area contributed by atoms with Crippen LogP contribution in [-0.4, -0.2) is 18.1 Å². The molecule has 0 saturated heterocycles. The quantitative estimate of drug-likeness (QED) is 0.661. The summed E-state index contributed by atoms with van der Waals surface area (Å²) in [5.74, 6) is 1.42. The molecule has 1 heterocycles. The van der Waals surface area contributed by atoms with E-state index in [9.17, 15) is 4.79 Å². The normalized spacial score (nSPS) is 10.5. The van der Waals surface area contributed by atoms with Crippen LogP contribution in [0.3, 0.4) is 0 Å². The first-order chi connectivity index (χ1) is 12.1. The Bertz CT molecular complexity index is 887. The first-order valence-corrected chi connectivity index (χ1v) is 8.35. The Hall–Kier alpha value is -2.57. The molecule has 1 amide bonds. The minimum Gasteiger partial charge on any atom is -0.496 e. The maximum absolute atomic E-state index is 12.4. The summed E-state index contributed by atoms with van der Waals surface area (Å²) >= 11 is 3.35. The molecular weight excluding hydrogens is 386 g/mol. The van der Waals surface area contributed by atoms with Crippen molar-refractivity contribution < 1.29 is 19.1 Å². The van der Waals surface area contributed by atoms with Gasteiger partial charge in [0.05, 0.1) is 12.7 Å². The van der Waals surface area contributed by atoms with E-state index in [0.717, 1.165) is 4.47 Å². The first kappa shape index (κ1) is 17.3. The van der Waals surface area contributed by atoms with E-state index >= 15 is 0 Å². The molecule has 0 aliphatic carbocycles. The number of hydrogen-bond donors (Lipinski definition) is 2. The van der Waals surface area contributed by atoms with Crippen LogP contribution in [0.4, 0.5) is 5.69 Å². The number of halogens is 1. The summed E-state index contributed by atoms with van der Waals surface area (Å²) in [5, 5.41) is 12.0. The summed E-state index contributed by atoms with van der Waals surface area (Å²) in [7, 11) is 1.56. The lowest BCUT2D eigenvalue weighted by molar-refractivity contribution is 0.102. The summed E-state index contributed by atoms with van der Waals surface area (Å²) in [6.07, 6.45) is 0. The Morgan fingerprint density at radius 2 is 1.92 bits per heavy atom. The fraction of sp³-hybridized carbons (Fsp3) is 0.105. The molecule has 2 N–H and O–H groups in total. The van der Waals surface area contributed by atoms with Crippen molar-refractivity contribution in [3.8, 4) is 17.1 Å². The average molecular weight is 402 g/mol. The molecule has 6 heteroatoms. The number of methoxy groups -OCH3 is 1. The molecule has 128 valence electrons. The summed E-state index contributed by atoms with van der Waals surface area (Å²) < 4.78 is 11.8. The van der Waals surface area contributed by atoms with Gasteiger partial charge in [-0.1, -0.05) is 15.9 Å². The molecule has 0 aliphatic rings. The number of amides is 1. The molecule has 0 atom stereocenters. The van der Waals surface area contributed by atoms with Gasteiger partial charge in [0.15, 0.2) is 0 Å². The molecule has 25 heavy (non-hydrogen) atoms. The number of aliphatic hydroxyl groups excluding tert-OH is 1. The second-order valence-electron chi connectivity index (χ2n) is 5.30. The van der Waals surface area contributed by atoms with Crippen molar-refractivity contribution >= 4 is 27.5 Å². The van der Waals surface area contributed by atoms with Gasteiger partial charge in [-0.15, -0.1) is 0 Å². The Kier molecular flexibility index (Phi) is 5.21. The third-order valence-electron chi connectivity index (χ3n) is 3.65. The van der Waals surface area contributed by atoms with E-state index in [1.165, 1.54) is 0 Å². The van der Waals surface area contributed by atoms with Gasteiger partial charge in [0.1, 0.15) is 23.9 Å². The van der Waals surface area contributed by atoms with Gasteiger partial charge in [-0.2, -0.15) is 0 Å². The molecule has 2 aromatic carbocycles. The second kappa shape index (κ2) is 7.55. The second-order valence-corrected chi connectivity index (χ2v) is 6.22. The molecule has 3 rings (SSSR count). The van der Waals surface area contributed by atoms with E-state index < -0.39 is 0 Å². The van der Waals surface area contributed by atoms with Gasteiger partial charge in [0, 0.05) is 15.7 Å². The molecule has 0 fully saturated rings. The standard InChI is InChI=1S/C19H16BrNO4/c1-24-17-8-6-14(10-16(17)18-9-7-15(11-22)25-18)21-19(23)12-2-4-13(20)5-3-12/h2-10,22H,11H2,1H3,(H,21,23). The minimum absolute atomic E-state index is 0.178. The predicted molar refractivity (Wildman–Crippen MR) is 98.7 cm³/mol. The molecule has 5 nitrogen and oxygen atoms in total. The molecule has 3 aromatic rings. The molecule has 0 aliphatic heterocycles. The van der Waals surface area contributed by atoms with E-state index in [1.807, 2.05) is 12.1 Å². The Morgan fingerprint density at radius 3 is 2.56 bits per heavy atom. The number of nitrogens with one attached hydrogen (secondary N) is 1. The van der Waals surface area contributed by atoms with Crippen LogP contribution >= 0.6 is 15.9 Å². The number of ether oxygens (including phenoxy) is 1. The van der Waals surface area contributed by atoms with Crippen LogP contribution in [0.1, 0.15) is 16.1 Å². The highest BCUT2D eigenvalue weighted by atomic mass is 79.9. The van der Waals surface area contributed by atoms with Crippen LogP contribution in [-0.2, 0) is 6.61 Å². The van der Waals surface area contributed by atoms with Crippen molar-refractivity contribution in [1.29, 1.82) is 0 Å². The summed E-state index contributed by atoms with van der Waals surface area (Å²) in [6, 6.07) is 15.8. The van der Waals surface area contributed by atoms with E-state index in [4.69, 9.17) is 14.3 Å². The minimum atomic E-state index is -0.209. The van der Waals surface area contributed by atoms with Crippen LogP contribution in [0.25, 0.3) is 11.3 Å². The lowest BCUT2D eigenvalue weighted by Crippen LogP contribution is -2.11. The largest absolute Gasteiger partial charge is 0.496 e. The van der Waals surface area contributed by atoms with Crippen molar-refractivity contribution in [3.63, 3.8) is 0 Å². The number of benzene rings is 2. The third-order valence-corrected chi connectivity index (χ3v) is 4.18. The molecule has 0 radical (unpaired) electrons. The van der Waals surface area contributed by atoms with E-state index in [1.54, 1.807) is 49.6 Å². The summed E-state index contributed by atoms with van der Waals surface area (Å²) in [4.78, 5) is 12.4. The maximum Gasteiger partial charge on any atom is 0.255 e. The molecular formula is C19H16BrNO4. The van der Waals surface area contributed by atoms with Crippen LogP contribution < -0.4 is 10.1 Å². The summed E-state index contributed by atoms with van der Waals surface area (Å²) in [5.41, 5.74) is 1.86. The van der Waals surface area contributed by atoms with Gasteiger partial charge in [-0.25, -0.2) is 0 Å². The topological polar surface area (TPSA) is 71.7 Å². The summed E-state index contributed by atoms with van der Waals surface area (Å²) in [6.45, 7) is -0.178. The highest BCUT2D eigenvalue weighted by Gasteiger charge is 2.13. The van der Waals surface area contributed by atoms with Gasteiger partial charge in [-0.05, 0) is 54.6 Å². The van der Waals surface area contributed by atoms with E-state index in [2.05, 4.69) is 21.2 Å². The van der Waals surface area contributed by atoms with Gasteiger partial charge < -0.3 is 19.6 Å². The fourth-order valence-electron chi connectivity index (χ4n) is 2.39. The Morgan fingerprint density at radius 1 is 1.16 bits per heavy atom. The molecule has 0 unspecified atom stereocenters. The third kappa shape index (κ3) is 3.92. The zero-order chi connectivity index (χ0) is 17.8. The van der Waals surface area contributed by atoms with E-state index in [0.29, 0.717) is 34.1 Å². The first-order valence-electron chi connectivity index (χ1n) is 7.55. The molecule has 0 saturated carbocycles. The zero-order valence-corrected chi connectivity index (χ0v) is 15.0. The Balaban J connectivity index is 1.88. The number of carbonyl (C=O) groups excluding carboxylic acids is 1. The van der Waals surface area contributed by atoms with Crippen LogP contribution in [0.15, 0.2) is 63.5 Å². The van der Waals surface area contributed by atoms with Crippen molar-refractivity contribution in [2.45, 2.75) is 6.61 Å². The number of rotatable bonds is 5. The van der Waals surface area contributed by atoms with Crippen LogP contribution in [0.5, 0.6) is 5.75 Å². The fourth-order valence-corrected chi connectivity index (χ4v) is 2.65. The van der Waals surface area contributed by atoms with Gasteiger partial charge in [0.25, 0.3) is 5.91 Å². The van der Waals surface area contributed by atoms with Crippen molar-refractivity contribution in [1.82, 2.24) is 0 Å². The monoisotopic (exact) mass is 401 g/mol.